The summed E-state index contributed by atoms with van der Waals surface area (Å²) in [6.45, 7) is 3.03. The van der Waals surface area contributed by atoms with Crippen LogP contribution in [0.25, 0.3) is 0 Å². The minimum atomic E-state index is -0.0189. The number of hydrogen-bond acceptors (Lipinski definition) is 4. The van der Waals surface area contributed by atoms with Crippen LogP contribution in [0.2, 0.25) is 0 Å². The lowest BCUT2D eigenvalue weighted by molar-refractivity contribution is -0.132. The molecule has 6 heteroatoms. The second-order valence-corrected chi connectivity index (χ2v) is 6.59. The summed E-state index contributed by atoms with van der Waals surface area (Å²) in [5.74, 6) is 0.984. The molecule has 1 aromatic heterocycles. The van der Waals surface area contributed by atoms with Crippen molar-refractivity contribution in [2.45, 2.75) is 19.8 Å². The fourth-order valence-electron chi connectivity index (χ4n) is 3.18. The molecule has 6 nitrogen and oxygen atoms in total. The van der Waals surface area contributed by atoms with Crippen molar-refractivity contribution in [3.63, 3.8) is 0 Å². The average Bonchev–Trinajstić information content (AvgIpc) is 3.22. The third kappa shape index (κ3) is 4.47. The van der Waals surface area contributed by atoms with Crippen LogP contribution in [-0.4, -0.2) is 46.1 Å². The van der Waals surface area contributed by atoms with Gasteiger partial charge in [0, 0.05) is 31.9 Å². The van der Waals surface area contributed by atoms with Gasteiger partial charge in [-0.05, 0) is 43.4 Å². The first-order valence-corrected chi connectivity index (χ1v) is 8.50. The second kappa shape index (κ2) is 7.51. The van der Waals surface area contributed by atoms with E-state index in [-0.39, 0.29) is 18.3 Å². The van der Waals surface area contributed by atoms with E-state index in [9.17, 15) is 9.59 Å². The van der Waals surface area contributed by atoms with Gasteiger partial charge in [0.15, 0.2) is 12.4 Å². The van der Waals surface area contributed by atoms with Crippen molar-refractivity contribution in [2.75, 3.05) is 19.7 Å². The first-order chi connectivity index (χ1) is 12.0. The molecular formula is C19H23N3O3. The molecule has 1 aliphatic rings. The number of carbonyl (C=O) groups is 2. The zero-order chi connectivity index (χ0) is 17.8. The van der Waals surface area contributed by atoms with Crippen LogP contribution in [0.5, 0.6) is 5.75 Å². The van der Waals surface area contributed by atoms with E-state index in [2.05, 4.69) is 5.10 Å². The number of amides is 1. The molecule has 0 saturated carbocycles. The Kier molecular flexibility index (Phi) is 5.16. The maximum Gasteiger partial charge on any atom is 0.260 e. The smallest absolute Gasteiger partial charge is 0.260 e. The monoisotopic (exact) mass is 341 g/mol. The van der Waals surface area contributed by atoms with Gasteiger partial charge in [0.2, 0.25) is 0 Å². The molecule has 132 valence electrons. The summed E-state index contributed by atoms with van der Waals surface area (Å²) in [6.07, 6.45) is 5.85. The highest BCUT2D eigenvalue weighted by atomic mass is 16.5. The van der Waals surface area contributed by atoms with E-state index in [1.54, 1.807) is 28.9 Å². The summed E-state index contributed by atoms with van der Waals surface area (Å²) in [6, 6.07) is 6.93. The molecule has 0 radical (unpaired) electrons. The SMILES string of the molecule is CC(=O)c1cccc(OCC(=O)N2CCC(Cc3cnn(C)c3)C2)c1. The van der Waals surface area contributed by atoms with Crippen LogP contribution < -0.4 is 4.74 Å². The van der Waals surface area contributed by atoms with Gasteiger partial charge in [-0.2, -0.15) is 5.10 Å². The van der Waals surface area contributed by atoms with Crippen LogP contribution in [-0.2, 0) is 18.3 Å². The lowest BCUT2D eigenvalue weighted by Crippen LogP contribution is -2.33. The fourth-order valence-corrected chi connectivity index (χ4v) is 3.18. The number of likely N-dealkylation sites (tertiary alicyclic amines) is 1. The molecule has 2 aromatic rings. The van der Waals surface area contributed by atoms with Crippen molar-refractivity contribution in [1.29, 1.82) is 0 Å². The zero-order valence-electron chi connectivity index (χ0n) is 14.6. The number of ether oxygens (including phenoxy) is 1. The molecule has 1 amide bonds. The third-order valence-corrected chi connectivity index (χ3v) is 4.52. The second-order valence-electron chi connectivity index (χ2n) is 6.59. The zero-order valence-corrected chi connectivity index (χ0v) is 14.6. The highest BCUT2D eigenvalue weighted by Gasteiger charge is 2.26. The normalized spacial score (nSPS) is 16.9. The standard InChI is InChI=1S/C19H23N3O3/c1-14(23)17-4-3-5-18(9-17)25-13-19(24)22-7-6-15(12-22)8-16-10-20-21(2)11-16/h3-5,9-11,15H,6-8,12-13H2,1-2H3. The van der Waals surface area contributed by atoms with E-state index in [1.807, 2.05) is 24.3 Å². The van der Waals surface area contributed by atoms with Crippen molar-refractivity contribution < 1.29 is 14.3 Å². The number of aromatic nitrogens is 2. The van der Waals surface area contributed by atoms with Crippen molar-refractivity contribution in [1.82, 2.24) is 14.7 Å². The molecular weight excluding hydrogens is 318 g/mol. The number of carbonyl (C=O) groups excluding carboxylic acids is 2. The van der Waals surface area contributed by atoms with E-state index in [1.165, 1.54) is 12.5 Å². The molecule has 2 heterocycles. The molecule has 3 rings (SSSR count). The van der Waals surface area contributed by atoms with Crippen LogP contribution in [0.1, 0.15) is 29.3 Å². The molecule has 1 aromatic carbocycles. The number of hydrogen-bond donors (Lipinski definition) is 0. The Morgan fingerprint density at radius 2 is 2.20 bits per heavy atom. The molecule has 25 heavy (non-hydrogen) atoms. The van der Waals surface area contributed by atoms with E-state index >= 15 is 0 Å². The molecule has 0 spiro atoms. The lowest BCUT2D eigenvalue weighted by Gasteiger charge is -2.17. The number of rotatable bonds is 6. The van der Waals surface area contributed by atoms with E-state index in [0.29, 0.717) is 17.2 Å². The predicted molar refractivity (Wildman–Crippen MR) is 93.5 cm³/mol. The Morgan fingerprint density at radius 3 is 2.92 bits per heavy atom. The number of nitrogens with zero attached hydrogens (tertiary/aromatic N) is 3. The van der Waals surface area contributed by atoms with Crippen LogP contribution in [0.3, 0.4) is 0 Å². The Morgan fingerprint density at radius 1 is 1.36 bits per heavy atom. The molecule has 1 atom stereocenters. The van der Waals surface area contributed by atoms with Crippen LogP contribution in [0, 0.1) is 5.92 Å². The Labute approximate surface area is 147 Å². The molecule has 1 unspecified atom stereocenters. The molecule has 0 bridgehead atoms. The summed E-state index contributed by atoms with van der Waals surface area (Å²) >= 11 is 0. The number of ketones is 1. The quantitative estimate of drug-likeness (QED) is 0.755. The van der Waals surface area contributed by atoms with Gasteiger partial charge in [0.1, 0.15) is 5.75 Å². The number of Topliss-reactive ketones (excluding diaryl/α,β-unsaturated/α-hetero) is 1. The van der Waals surface area contributed by atoms with Crippen molar-refractivity contribution in [3.05, 3.63) is 47.8 Å². The summed E-state index contributed by atoms with van der Waals surface area (Å²) in [4.78, 5) is 25.6. The van der Waals surface area contributed by atoms with Crippen LogP contribution in [0.15, 0.2) is 36.7 Å². The van der Waals surface area contributed by atoms with Crippen LogP contribution >= 0.6 is 0 Å². The van der Waals surface area contributed by atoms with Gasteiger partial charge in [0.25, 0.3) is 5.91 Å². The Balaban J connectivity index is 1.49. The number of aryl methyl sites for hydroxylation is 1. The van der Waals surface area contributed by atoms with E-state index in [4.69, 9.17) is 4.74 Å². The third-order valence-electron chi connectivity index (χ3n) is 4.52. The van der Waals surface area contributed by atoms with Gasteiger partial charge in [-0.25, -0.2) is 0 Å². The maximum atomic E-state index is 12.4. The van der Waals surface area contributed by atoms with Crippen molar-refractivity contribution in [3.8, 4) is 5.75 Å². The highest BCUT2D eigenvalue weighted by Crippen LogP contribution is 2.21. The first kappa shape index (κ1) is 17.2. The number of benzene rings is 1. The van der Waals surface area contributed by atoms with Crippen molar-refractivity contribution >= 4 is 11.7 Å². The molecule has 1 saturated heterocycles. The minimum Gasteiger partial charge on any atom is -0.484 e. The highest BCUT2D eigenvalue weighted by molar-refractivity contribution is 5.94. The Bertz CT molecular complexity index is 769. The largest absolute Gasteiger partial charge is 0.484 e. The minimum absolute atomic E-state index is 0.000963. The van der Waals surface area contributed by atoms with Gasteiger partial charge in [0.05, 0.1) is 6.20 Å². The molecule has 1 aliphatic heterocycles. The summed E-state index contributed by atoms with van der Waals surface area (Å²) in [5.41, 5.74) is 1.79. The van der Waals surface area contributed by atoms with Gasteiger partial charge in [-0.15, -0.1) is 0 Å². The van der Waals surface area contributed by atoms with Gasteiger partial charge < -0.3 is 9.64 Å². The first-order valence-electron chi connectivity index (χ1n) is 8.50. The molecule has 0 aliphatic carbocycles. The van der Waals surface area contributed by atoms with Gasteiger partial charge >= 0.3 is 0 Å². The molecule has 0 N–H and O–H groups in total. The topological polar surface area (TPSA) is 64.4 Å². The van der Waals surface area contributed by atoms with E-state index < -0.39 is 0 Å². The summed E-state index contributed by atoms with van der Waals surface area (Å²) < 4.78 is 7.37. The lowest BCUT2D eigenvalue weighted by atomic mass is 10.0. The van der Waals surface area contributed by atoms with Gasteiger partial charge in [-0.3, -0.25) is 14.3 Å². The predicted octanol–water partition coefficient (Wildman–Crippen LogP) is 2.09. The van der Waals surface area contributed by atoms with Crippen LogP contribution in [0.4, 0.5) is 0 Å². The maximum absolute atomic E-state index is 12.4. The summed E-state index contributed by atoms with van der Waals surface area (Å²) in [7, 11) is 1.91. The van der Waals surface area contributed by atoms with Gasteiger partial charge in [-0.1, -0.05) is 12.1 Å². The average molecular weight is 341 g/mol. The fraction of sp³-hybridized carbons (Fsp3) is 0.421. The Hall–Kier alpha value is -2.63. The van der Waals surface area contributed by atoms with E-state index in [0.717, 1.165) is 25.9 Å². The van der Waals surface area contributed by atoms with Crippen molar-refractivity contribution in [2.24, 2.45) is 13.0 Å². The summed E-state index contributed by atoms with van der Waals surface area (Å²) in [5, 5.41) is 4.19. The molecule has 1 fully saturated rings.